The van der Waals surface area contributed by atoms with E-state index in [9.17, 15) is 9.59 Å². The molecule has 0 fully saturated rings. The number of benzene rings is 1. The molecule has 0 aliphatic carbocycles. The molecule has 1 N–H and O–H groups in total. The number of rotatable bonds is 7. The number of hydrogen-bond acceptors (Lipinski definition) is 3. The van der Waals surface area contributed by atoms with Crippen molar-refractivity contribution in [3.63, 3.8) is 0 Å². The lowest BCUT2D eigenvalue weighted by atomic mass is 9.94. The van der Waals surface area contributed by atoms with E-state index in [0.717, 1.165) is 23.4 Å². The maximum atomic E-state index is 12.8. The van der Waals surface area contributed by atoms with Crippen LogP contribution >= 0.6 is 0 Å². The molecular formula is C21H35N3O2. The second-order valence-corrected chi connectivity index (χ2v) is 8.36. The summed E-state index contributed by atoms with van der Waals surface area (Å²) < 4.78 is 0. The Kier molecular flexibility index (Phi) is 7.67. The van der Waals surface area contributed by atoms with Gasteiger partial charge in [0.2, 0.25) is 11.8 Å². The summed E-state index contributed by atoms with van der Waals surface area (Å²) in [5.74, 6) is 0.0523. The first kappa shape index (κ1) is 22.0. The Labute approximate surface area is 158 Å². The Morgan fingerprint density at radius 3 is 2.23 bits per heavy atom. The number of hydrogen-bond donors (Lipinski definition) is 1. The van der Waals surface area contributed by atoms with Gasteiger partial charge in [0.15, 0.2) is 0 Å². The molecule has 1 aromatic carbocycles. The fourth-order valence-electron chi connectivity index (χ4n) is 2.72. The molecule has 5 heteroatoms. The van der Waals surface area contributed by atoms with Crippen LogP contribution in [0, 0.1) is 11.3 Å². The van der Waals surface area contributed by atoms with E-state index in [1.807, 2.05) is 76.7 Å². The minimum atomic E-state index is -0.420. The lowest BCUT2D eigenvalue weighted by Crippen LogP contribution is -2.39. The van der Waals surface area contributed by atoms with E-state index in [2.05, 4.69) is 12.2 Å². The summed E-state index contributed by atoms with van der Waals surface area (Å²) in [5.41, 5.74) is 2.43. The molecule has 1 rings (SSSR count). The first-order chi connectivity index (χ1) is 12.0. The van der Waals surface area contributed by atoms with Crippen LogP contribution in [0.4, 0.5) is 11.4 Å². The van der Waals surface area contributed by atoms with Crippen LogP contribution in [0.3, 0.4) is 0 Å². The van der Waals surface area contributed by atoms with Gasteiger partial charge in [0.05, 0.1) is 0 Å². The SMILES string of the molecule is CCCN(Cc1cc(NC(=O)C(C)C)ccc1N(C)C)C(=O)C(C)(C)C. The molecule has 0 aliphatic rings. The maximum absolute atomic E-state index is 12.8. The third-order valence-corrected chi connectivity index (χ3v) is 4.14. The third kappa shape index (κ3) is 6.04. The van der Waals surface area contributed by atoms with Crippen molar-refractivity contribution >= 4 is 23.2 Å². The molecule has 5 nitrogen and oxygen atoms in total. The smallest absolute Gasteiger partial charge is 0.228 e. The molecule has 0 atom stereocenters. The molecule has 1 aromatic rings. The van der Waals surface area contributed by atoms with Gasteiger partial charge in [-0.15, -0.1) is 0 Å². The van der Waals surface area contributed by atoms with Crippen molar-refractivity contribution in [1.82, 2.24) is 4.90 Å². The highest BCUT2D eigenvalue weighted by Crippen LogP contribution is 2.27. The van der Waals surface area contributed by atoms with Gasteiger partial charge in [0.25, 0.3) is 0 Å². The van der Waals surface area contributed by atoms with Gasteiger partial charge < -0.3 is 15.1 Å². The summed E-state index contributed by atoms with van der Waals surface area (Å²) in [6, 6.07) is 5.89. The van der Waals surface area contributed by atoms with Gasteiger partial charge in [-0.3, -0.25) is 9.59 Å². The fourth-order valence-corrected chi connectivity index (χ4v) is 2.72. The summed E-state index contributed by atoms with van der Waals surface area (Å²) in [6.07, 6.45) is 0.906. The average Bonchev–Trinajstić information content (AvgIpc) is 2.52. The second-order valence-electron chi connectivity index (χ2n) is 8.36. The zero-order valence-corrected chi connectivity index (χ0v) is 17.6. The van der Waals surface area contributed by atoms with Gasteiger partial charge >= 0.3 is 0 Å². The Morgan fingerprint density at radius 1 is 1.15 bits per heavy atom. The largest absolute Gasteiger partial charge is 0.377 e. The quantitative estimate of drug-likeness (QED) is 0.794. The first-order valence-electron chi connectivity index (χ1n) is 9.37. The van der Waals surface area contributed by atoms with E-state index in [4.69, 9.17) is 0 Å². The first-order valence-corrected chi connectivity index (χ1v) is 9.37. The zero-order valence-electron chi connectivity index (χ0n) is 17.6. The van der Waals surface area contributed by atoms with E-state index in [1.54, 1.807) is 0 Å². The predicted molar refractivity (Wildman–Crippen MR) is 109 cm³/mol. The van der Waals surface area contributed by atoms with Gasteiger partial charge in [0, 0.05) is 49.9 Å². The van der Waals surface area contributed by atoms with Gasteiger partial charge in [0.1, 0.15) is 0 Å². The van der Waals surface area contributed by atoms with Crippen LogP contribution < -0.4 is 10.2 Å². The Bertz CT molecular complexity index is 631. The summed E-state index contributed by atoms with van der Waals surface area (Å²) in [6.45, 7) is 12.9. The van der Waals surface area contributed by atoms with E-state index in [1.165, 1.54) is 0 Å². The number of amides is 2. The van der Waals surface area contributed by atoms with E-state index >= 15 is 0 Å². The van der Waals surface area contributed by atoms with Gasteiger partial charge in [-0.25, -0.2) is 0 Å². The van der Waals surface area contributed by atoms with Crippen molar-refractivity contribution in [2.75, 3.05) is 30.9 Å². The van der Waals surface area contributed by atoms with E-state index < -0.39 is 5.41 Å². The van der Waals surface area contributed by atoms with Crippen molar-refractivity contribution < 1.29 is 9.59 Å². The van der Waals surface area contributed by atoms with Crippen LogP contribution in [0.5, 0.6) is 0 Å². The van der Waals surface area contributed by atoms with Crippen LogP contribution in [0.2, 0.25) is 0 Å². The molecule has 0 spiro atoms. The highest BCUT2D eigenvalue weighted by Gasteiger charge is 2.27. The van der Waals surface area contributed by atoms with Crippen molar-refractivity contribution in [2.45, 2.75) is 54.5 Å². The summed E-state index contributed by atoms with van der Waals surface area (Å²) in [7, 11) is 3.97. The number of nitrogens with one attached hydrogen (secondary N) is 1. The summed E-state index contributed by atoms with van der Waals surface area (Å²) in [4.78, 5) is 28.8. The van der Waals surface area contributed by atoms with Crippen molar-refractivity contribution in [3.05, 3.63) is 23.8 Å². The molecule has 0 unspecified atom stereocenters. The second kappa shape index (κ2) is 9.06. The third-order valence-electron chi connectivity index (χ3n) is 4.14. The monoisotopic (exact) mass is 361 g/mol. The van der Waals surface area contributed by atoms with E-state index in [-0.39, 0.29) is 17.7 Å². The number of carbonyl (C=O) groups is 2. The average molecular weight is 362 g/mol. The van der Waals surface area contributed by atoms with Crippen molar-refractivity contribution in [3.8, 4) is 0 Å². The lowest BCUT2D eigenvalue weighted by molar-refractivity contribution is -0.140. The number of nitrogens with zero attached hydrogens (tertiary/aromatic N) is 2. The molecule has 0 bridgehead atoms. The molecule has 0 aromatic heterocycles. The minimum Gasteiger partial charge on any atom is -0.377 e. The van der Waals surface area contributed by atoms with Crippen LogP contribution in [0.15, 0.2) is 18.2 Å². The summed E-state index contributed by atoms with van der Waals surface area (Å²) in [5, 5.41) is 2.95. The predicted octanol–water partition coefficient (Wildman–Crippen LogP) is 4.13. The molecule has 0 aliphatic heterocycles. The normalized spacial score (nSPS) is 11.4. The van der Waals surface area contributed by atoms with Gasteiger partial charge in [-0.05, 0) is 30.2 Å². The highest BCUT2D eigenvalue weighted by atomic mass is 16.2. The van der Waals surface area contributed by atoms with Crippen LogP contribution in [-0.2, 0) is 16.1 Å². The van der Waals surface area contributed by atoms with Crippen molar-refractivity contribution in [1.29, 1.82) is 0 Å². The Morgan fingerprint density at radius 2 is 1.77 bits per heavy atom. The van der Waals surface area contributed by atoms with Crippen LogP contribution in [0.1, 0.15) is 53.5 Å². The topological polar surface area (TPSA) is 52.7 Å². The highest BCUT2D eigenvalue weighted by molar-refractivity contribution is 5.92. The molecule has 146 valence electrons. The minimum absolute atomic E-state index is 0.00950. The van der Waals surface area contributed by atoms with Gasteiger partial charge in [-0.1, -0.05) is 41.5 Å². The Hall–Kier alpha value is -2.04. The molecule has 0 heterocycles. The van der Waals surface area contributed by atoms with Crippen LogP contribution in [0.25, 0.3) is 0 Å². The number of carbonyl (C=O) groups excluding carboxylic acids is 2. The molecule has 2 amide bonds. The van der Waals surface area contributed by atoms with Gasteiger partial charge in [-0.2, -0.15) is 0 Å². The number of anilines is 2. The van der Waals surface area contributed by atoms with Crippen LogP contribution in [-0.4, -0.2) is 37.4 Å². The molecule has 26 heavy (non-hydrogen) atoms. The Balaban J connectivity index is 3.20. The molecule has 0 saturated carbocycles. The molecular weight excluding hydrogens is 326 g/mol. The standard InChI is InChI=1S/C21H35N3O2/c1-9-12-24(20(26)21(4,5)6)14-16-13-17(22-19(25)15(2)3)10-11-18(16)23(7)8/h10-11,13,15H,9,12,14H2,1-8H3,(H,22,25). The zero-order chi connectivity index (χ0) is 20.1. The van der Waals surface area contributed by atoms with Crippen molar-refractivity contribution in [2.24, 2.45) is 11.3 Å². The molecule has 0 radical (unpaired) electrons. The van der Waals surface area contributed by atoms with E-state index in [0.29, 0.717) is 13.1 Å². The maximum Gasteiger partial charge on any atom is 0.228 e. The fraction of sp³-hybridized carbons (Fsp3) is 0.619. The summed E-state index contributed by atoms with van der Waals surface area (Å²) >= 11 is 0. The lowest BCUT2D eigenvalue weighted by Gasteiger charge is -2.31. The molecule has 0 saturated heterocycles.